The summed E-state index contributed by atoms with van der Waals surface area (Å²) in [6.07, 6.45) is 5.95. The van der Waals surface area contributed by atoms with Crippen molar-refractivity contribution in [2.24, 2.45) is 0 Å². The molecule has 29 heavy (non-hydrogen) atoms. The van der Waals surface area contributed by atoms with Crippen molar-refractivity contribution in [1.29, 1.82) is 0 Å². The SMILES string of the molecule is COC(=O)[C@]1(c2ccccc2)CC[C@H](N2CCC(c3ccc(F)cc3)CC2)CC1. The van der Waals surface area contributed by atoms with Gasteiger partial charge in [-0.2, -0.15) is 0 Å². The molecule has 3 nitrogen and oxygen atoms in total. The Morgan fingerprint density at radius 3 is 2.17 bits per heavy atom. The first kappa shape index (κ1) is 20.1. The molecular weight excluding hydrogens is 365 g/mol. The second kappa shape index (κ2) is 8.66. The number of methoxy groups -OCH3 is 1. The van der Waals surface area contributed by atoms with Gasteiger partial charge >= 0.3 is 5.97 Å². The number of carbonyl (C=O) groups is 1. The molecule has 2 aliphatic rings. The minimum absolute atomic E-state index is 0.0998. The number of hydrogen-bond acceptors (Lipinski definition) is 3. The third-order valence-corrected chi connectivity index (χ3v) is 7.10. The van der Waals surface area contributed by atoms with Crippen molar-refractivity contribution in [1.82, 2.24) is 4.90 Å². The largest absolute Gasteiger partial charge is 0.468 e. The fourth-order valence-corrected chi connectivity index (χ4v) is 5.36. The molecule has 0 radical (unpaired) electrons. The molecule has 0 spiro atoms. The lowest BCUT2D eigenvalue weighted by Gasteiger charge is -2.44. The summed E-state index contributed by atoms with van der Waals surface area (Å²) in [4.78, 5) is 15.3. The van der Waals surface area contributed by atoms with E-state index in [-0.39, 0.29) is 11.8 Å². The molecule has 0 bridgehead atoms. The fraction of sp³-hybridized carbons (Fsp3) is 0.480. The van der Waals surface area contributed by atoms with Gasteiger partial charge in [-0.3, -0.25) is 4.79 Å². The molecule has 1 aliphatic carbocycles. The van der Waals surface area contributed by atoms with Gasteiger partial charge in [0.2, 0.25) is 0 Å². The quantitative estimate of drug-likeness (QED) is 0.678. The van der Waals surface area contributed by atoms with E-state index in [1.165, 1.54) is 12.7 Å². The smallest absolute Gasteiger partial charge is 0.316 e. The number of ether oxygens (including phenoxy) is 1. The lowest BCUT2D eigenvalue weighted by atomic mass is 9.67. The molecule has 1 saturated carbocycles. The van der Waals surface area contributed by atoms with E-state index in [1.807, 2.05) is 30.3 Å². The molecule has 1 aliphatic heterocycles. The van der Waals surface area contributed by atoms with Gasteiger partial charge in [-0.25, -0.2) is 4.39 Å². The number of carbonyl (C=O) groups excluding carboxylic acids is 1. The molecule has 0 unspecified atom stereocenters. The summed E-state index contributed by atoms with van der Waals surface area (Å²) < 4.78 is 18.4. The molecule has 1 heterocycles. The van der Waals surface area contributed by atoms with Gasteiger partial charge in [0.1, 0.15) is 5.82 Å². The number of esters is 1. The second-order valence-corrected chi connectivity index (χ2v) is 8.53. The van der Waals surface area contributed by atoms with Gasteiger partial charge < -0.3 is 9.64 Å². The first-order valence-electron chi connectivity index (χ1n) is 10.8. The molecule has 154 valence electrons. The van der Waals surface area contributed by atoms with Crippen LogP contribution in [0, 0.1) is 5.82 Å². The number of piperidine rings is 1. The van der Waals surface area contributed by atoms with Gasteiger partial charge in [0.25, 0.3) is 0 Å². The maximum atomic E-state index is 13.2. The molecule has 2 fully saturated rings. The zero-order valence-corrected chi connectivity index (χ0v) is 17.1. The first-order chi connectivity index (χ1) is 14.1. The van der Waals surface area contributed by atoms with Gasteiger partial charge in [0.15, 0.2) is 0 Å². The molecule has 0 atom stereocenters. The number of hydrogen-bond donors (Lipinski definition) is 0. The van der Waals surface area contributed by atoms with E-state index in [1.54, 1.807) is 12.1 Å². The Morgan fingerprint density at radius 2 is 1.59 bits per heavy atom. The van der Waals surface area contributed by atoms with Gasteiger partial charge in [-0.1, -0.05) is 42.5 Å². The van der Waals surface area contributed by atoms with Crippen molar-refractivity contribution in [2.45, 2.75) is 55.9 Å². The van der Waals surface area contributed by atoms with E-state index in [4.69, 9.17) is 4.74 Å². The number of nitrogens with zero attached hydrogens (tertiary/aromatic N) is 1. The van der Waals surface area contributed by atoms with Gasteiger partial charge in [-0.05, 0) is 80.8 Å². The highest BCUT2D eigenvalue weighted by atomic mass is 19.1. The van der Waals surface area contributed by atoms with Gasteiger partial charge in [0.05, 0.1) is 12.5 Å². The third kappa shape index (κ3) is 4.09. The van der Waals surface area contributed by atoms with E-state index in [0.717, 1.165) is 57.2 Å². The summed E-state index contributed by atoms with van der Waals surface area (Å²) in [5, 5.41) is 0. The van der Waals surface area contributed by atoms with Crippen LogP contribution in [0.25, 0.3) is 0 Å². The molecule has 4 rings (SSSR count). The number of likely N-dealkylation sites (tertiary alicyclic amines) is 1. The molecule has 1 saturated heterocycles. The van der Waals surface area contributed by atoms with Crippen LogP contribution in [-0.2, 0) is 14.9 Å². The molecule has 2 aromatic carbocycles. The van der Waals surface area contributed by atoms with Crippen molar-refractivity contribution in [3.63, 3.8) is 0 Å². The van der Waals surface area contributed by atoms with E-state index in [2.05, 4.69) is 17.0 Å². The van der Waals surface area contributed by atoms with Crippen LogP contribution in [0.4, 0.5) is 4.39 Å². The van der Waals surface area contributed by atoms with Gasteiger partial charge in [0, 0.05) is 6.04 Å². The highest BCUT2D eigenvalue weighted by Crippen LogP contribution is 2.42. The average Bonchev–Trinajstić information content (AvgIpc) is 2.80. The van der Waals surface area contributed by atoms with Crippen LogP contribution >= 0.6 is 0 Å². The van der Waals surface area contributed by atoms with Crippen LogP contribution in [0.1, 0.15) is 55.6 Å². The highest BCUT2D eigenvalue weighted by molar-refractivity contribution is 5.83. The molecule has 0 aromatic heterocycles. The van der Waals surface area contributed by atoms with Crippen molar-refractivity contribution >= 4 is 5.97 Å². The minimum atomic E-state index is -0.501. The van der Waals surface area contributed by atoms with E-state index in [9.17, 15) is 9.18 Å². The fourth-order valence-electron chi connectivity index (χ4n) is 5.36. The summed E-state index contributed by atoms with van der Waals surface area (Å²) in [7, 11) is 1.50. The standard InChI is InChI=1S/C25H30FNO2/c1-29-24(28)25(21-5-3-2-4-6-21)15-11-23(12-16-25)27-17-13-20(14-18-27)19-7-9-22(26)10-8-19/h2-10,20,23H,11-18H2,1H3/t23-,25+. The van der Waals surface area contributed by atoms with Crippen LogP contribution in [0.2, 0.25) is 0 Å². The zero-order valence-electron chi connectivity index (χ0n) is 17.1. The average molecular weight is 396 g/mol. The maximum absolute atomic E-state index is 13.2. The predicted molar refractivity (Wildman–Crippen MR) is 112 cm³/mol. The van der Waals surface area contributed by atoms with Gasteiger partial charge in [-0.15, -0.1) is 0 Å². The van der Waals surface area contributed by atoms with Crippen LogP contribution in [0.15, 0.2) is 54.6 Å². The summed E-state index contributed by atoms with van der Waals surface area (Å²) >= 11 is 0. The van der Waals surface area contributed by atoms with Crippen molar-refractivity contribution in [3.8, 4) is 0 Å². The Balaban J connectivity index is 1.38. The molecule has 0 N–H and O–H groups in total. The lowest BCUT2D eigenvalue weighted by Crippen LogP contribution is -2.48. The molecule has 4 heteroatoms. The zero-order chi connectivity index (χ0) is 20.3. The van der Waals surface area contributed by atoms with Crippen LogP contribution in [0.5, 0.6) is 0 Å². The van der Waals surface area contributed by atoms with Crippen molar-refractivity contribution in [2.75, 3.05) is 20.2 Å². The second-order valence-electron chi connectivity index (χ2n) is 8.53. The third-order valence-electron chi connectivity index (χ3n) is 7.10. The summed E-state index contributed by atoms with van der Waals surface area (Å²) in [6.45, 7) is 2.15. The molecule has 2 aromatic rings. The van der Waals surface area contributed by atoms with E-state index in [0.29, 0.717) is 12.0 Å². The molecular formula is C25H30FNO2. The highest BCUT2D eigenvalue weighted by Gasteiger charge is 2.45. The van der Waals surface area contributed by atoms with Crippen molar-refractivity contribution in [3.05, 3.63) is 71.5 Å². The summed E-state index contributed by atoms with van der Waals surface area (Å²) in [6, 6.07) is 17.7. The number of rotatable bonds is 4. The summed E-state index contributed by atoms with van der Waals surface area (Å²) in [5.74, 6) is 0.256. The van der Waals surface area contributed by atoms with Crippen LogP contribution < -0.4 is 0 Å². The van der Waals surface area contributed by atoms with E-state index < -0.39 is 5.41 Å². The number of benzene rings is 2. The number of halogens is 1. The van der Waals surface area contributed by atoms with Crippen molar-refractivity contribution < 1.29 is 13.9 Å². The predicted octanol–water partition coefficient (Wildman–Crippen LogP) is 5.06. The Labute approximate surface area is 172 Å². The van der Waals surface area contributed by atoms with Crippen LogP contribution in [-0.4, -0.2) is 37.1 Å². The minimum Gasteiger partial charge on any atom is -0.468 e. The maximum Gasteiger partial charge on any atom is 0.316 e. The summed E-state index contributed by atoms with van der Waals surface area (Å²) in [5.41, 5.74) is 1.84. The Morgan fingerprint density at radius 1 is 0.966 bits per heavy atom. The Kier molecular flexibility index (Phi) is 6.00. The van der Waals surface area contributed by atoms with E-state index >= 15 is 0 Å². The lowest BCUT2D eigenvalue weighted by molar-refractivity contribution is -0.149. The monoisotopic (exact) mass is 395 g/mol. The molecule has 0 amide bonds. The topological polar surface area (TPSA) is 29.5 Å². The Bertz CT molecular complexity index is 804. The Hall–Kier alpha value is -2.20. The first-order valence-corrected chi connectivity index (χ1v) is 10.8. The van der Waals surface area contributed by atoms with Crippen LogP contribution in [0.3, 0.4) is 0 Å². The normalized spacial score (nSPS) is 26.2.